The van der Waals surface area contributed by atoms with Crippen LogP contribution in [-0.2, 0) is 4.79 Å². The zero-order chi connectivity index (χ0) is 10.1. The quantitative estimate of drug-likeness (QED) is 0.689. The molecule has 0 aromatic rings. The van der Waals surface area contributed by atoms with Crippen LogP contribution in [-0.4, -0.2) is 24.5 Å². The molecule has 2 N–H and O–H groups in total. The molecule has 0 spiro atoms. The zero-order valence-electron chi connectivity index (χ0n) is 9.05. The summed E-state index contributed by atoms with van der Waals surface area (Å²) in [6, 6.07) is 0.521. The van der Waals surface area contributed by atoms with Crippen LogP contribution >= 0.6 is 0 Å². The number of piperidine rings is 1. The molecule has 3 nitrogen and oxygen atoms in total. The molecule has 1 aliphatic carbocycles. The van der Waals surface area contributed by atoms with Crippen molar-refractivity contribution in [1.29, 1.82) is 0 Å². The Kier molecular flexibility index (Phi) is 2.77. The van der Waals surface area contributed by atoms with Crippen molar-refractivity contribution < 1.29 is 4.79 Å². The minimum Gasteiger partial charge on any atom is -0.352 e. The Balaban J connectivity index is 1.78. The third-order valence-electron chi connectivity index (χ3n) is 3.42. The van der Waals surface area contributed by atoms with Crippen molar-refractivity contribution >= 4 is 5.91 Å². The number of rotatable bonds is 2. The van der Waals surface area contributed by atoms with E-state index in [1.54, 1.807) is 0 Å². The van der Waals surface area contributed by atoms with Gasteiger partial charge in [0.05, 0.1) is 6.04 Å². The van der Waals surface area contributed by atoms with E-state index in [9.17, 15) is 4.79 Å². The summed E-state index contributed by atoms with van der Waals surface area (Å²) in [6.07, 6.45) is 3.35. The minimum absolute atomic E-state index is 0.0616. The van der Waals surface area contributed by atoms with E-state index in [0.717, 1.165) is 19.4 Å². The van der Waals surface area contributed by atoms with E-state index >= 15 is 0 Å². The van der Waals surface area contributed by atoms with E-state index in [2.05, 4.69) is 24.5 Å². The van der Waals surface area contributed by atoms with E-state index in [1.165, 1.54) is 6.42 Å². The summed E-state index contributed by atoms with van der Waals surface area (Å²) < 4.78 is 0. The fourth-order valence-corrected chi connectivity index (χ4v) is 2.11. The number of hydrogen-bond acceptors (Lipinski definition) is 2. The molecule has 1 aliphatic heterocycles. The minimum atomic E-state index is 0.0616. The van der Waals surface area contributed by atoms with Gasteiger partial charge >= 0.3 is 0 Å². The monoisotopic (exact) mass is 196 g/mol. The molecule has 2 fully saturated rings. The summed E-state index contributed by atoms with van der Waals surface area (Å²) in [5.41, 5.74) is 0. The third-order valence-corrected chi connectivity index (χ3v) is 3.42. The summed E-state index contributed by atoms with van der Waals surface area (Å²) in [6.45, 7) is 5.39. The number of hydrogen-bond donors (Lipinski definition) is 2. The first-order valence-electron chi connectivity index (χ1n) is 5.70. The van der Waals surface area contributed by atoms with Crippen LogP contribution in [0, 0.1) is 11.8 Å². The molecule has 0 aromatic heterocycles. The van der Waals surface area contributed by atoms with Crippen LogP contribution in [0.3, 0.4) is 0 Å². The zero-order valence-corrected chi connectivity index (χ0v) is 9.05. The Hall–Kier alpha value is -0.570. The van der Waals surface area contributed by atoms with Crippen LogP contribution in [0.5, 0.6) is 0 Å². The van der Waals surface area contributed by atoms with Gasteiger partial charge in [-0.3, -0.25) is 4.79 Å². The lowest BCUT2D eigenvalue weighted by Gasteiger charge is -2.27. The Bertz CT molecular complexity index is 229. The molecular formula is C11H20N2O. The van der Waals surface area contributed by atoms with Crippen molar-refractivity contribution in [3.8, 4) is 0 Å². The molecule has 1 amide bonds. The van der Waals surface area contributed by atoms with Crippen molar-refractivity contribution in [2.75, 3.05) is 6.54 Å². The Labute approximate surface area is 85.6 Å². The van der Waals surface area contributed by atoms with Gasteiger partial charge in [-0.1, -0.05) is 13.8 Å². The smallest absolute Gasteiger partial charge is 0.237 e. The van der Waals surface area contributed by atoms with Gasteiger partial charge in [0.25, 0.3) is 0 Å². The van der Waals surface area contributed by atoms with Crippen molar-refractivity contribution in [3.63, 3.8) is 0 Å². The molecule has 1 heterocycles. The molecule has 14 heavy (non-hydrogen) atoms. The van der Waals surface area contributed by atoms with E-state index in [0.29, 0.717) is 17.9 Å². The molecule has 0 aromatic carbocycles. The van der Waals surface area contributed by atoms with Crippen molar-refractivity contribution in [3.05, 3.63) is 0 Å². The second-order valence-electron chi connectivity index (χ2n) is 4.96. The highest BCUT2D eigenvalue weighted by Gasteiger charge is 2.36. The predicted octanol–water partition coefficient (Wildman–Crippen LogP) is 0.899. The molecule has 80 valence electrons. The van der Waals surface area contributed by atoms with E-state index in [4.69, 9.17) is 0 Å². The van der Waals surface area contributed by atoms with Gasteiger partial charge in [-0.15, -0.1) is 0 Å². The molecule has 2 rings (SSSR count). The van der Waals surface area contributed by atoms with Crippen molar-refractivity contribution in [2.45, 2.75) is 45.2 Å². The van der Waals surface area contributed by atoms with Gasteiger partial charge in [0.2, 0.25) is 5.91 Å². The summed E-state index contributed by atoms with van der Waals surface area (Å²) in [5.74, 6) is 1.59. The number of carbonyl (C=O) groups excluding carboxylic acids is 1. The van der Waals surface area contributed by atoms with Gasteiger partial charge in [-0.2, -0.15) is 0 Å². The van der Waals surface area contributed by atoms with Crippen LogP contribution in [0.15, 0.2) is 0 Å². The molecule has 0 bridgehead atoms. The number of amides is 1. The van der Waals surface area contributed by atoms with E-state index in [-0.39, 0.29) is 11.9 Å². The van der Waals surface area contributed by atoms with Gasteiger partial charge in [-0.25, -0.2) is 0 Å². The first-order valence-corrected chi connectivity index (χ1v) is 5.70. The van der Waals surface area contributed by atoms with Crippen LogP contribution in [0.25, 0.3) is 0 Å². The molecule has 4 atom stereocenters. The molecule has 3 heteroatoms. The lowest BCUT2D eigenvalue weighted by atomic mass is 9.94. The largest absolute Gasteiger partial charge is 0.352 e. The first kappa shape index (κ1) is 9.97. The predicted molar refractivity (Wildman–Crippen MR) is 55.9 cm³/mol. The molecule has 1 saturated carbocycles. The lowest BCUT2D eigenvalue weighted by molar-refractivity contribution is -0.124. The van der Waals surface area contributed by atoms with Gasteiger partial charge in [0.1, 0.15) is 0 Å². The van der Waals surface area contributed by atoms with Crippen LogP contribution in [0.4, 0.5) is 0 Å². The van der Waals surface area contributed by atoms with Crippen molar-refractivity contribution in [2.24, 2.45) is 11.8 Å². The fourth-order valence-electron chi connectivity index (χ4n) is 2.11. The second kappa shape index (κ2) is 3.89. The van der Waals surface area contributed by atoms with Crippen molar-refractivity contribution in [1.82, 2.24) is 10.6 Å². The SMILES string of the molecule is CC1CCNC(C(=O)NC2CC2C)C1. The highest BCUT2D eigenvalue weighted by Crippen LogP contribution is 2.29. The normalized spacial score (nSPS) is 41.9. The van der Waals surface area contributed by atoms with Gasteiger partial charge < -0.3 is 10.6 Å². The molecule has 1 saturated heterocycles. The first-order chi connectivity index (χ1) is 6.66. The lowest BCUT2D eigenvalue weighted by Crippen LogP contribution is -2.49. The highest BCUT2D eigenvalue weighted by atomic mass is 16.2. The third kappa shape index (κ3) is 2.27. The van der Waals surface area contributed by atoms with Crippen LogP contribution < -0.4 is 10.6 Å². The number of nitrogens with one attached hydrogen (secondary N) is 2. The average molecular weight is 196 g/mol. The Morgan fingerprint density at radius 2 is 2.07 bits per heavy atom. The summed E-state index contributed by atoms with van der Waals surface area (Å²) in [4.78, 5) is 11.8. The maximum atomic E-state index is 11.8. The van der Waals surface area contributed by atoms with Gasteiger partial charge in [0.15, 0.2) is 0 Å². The average Bonchev–Trinajstić information content (AvgIpc) is 2.81. The van der Waals surface area contributed by atoms with E-state index < -0.39 is 0 Å². The maximum Gasteiger partial charge on any atom is 0.237 e. The molecule has 0 radical (unpaired) electrons. The van der Waals surface area contributed by atoms with Gasteiger partial charge in [0, 0.05) is 6.04 Å². The Morgan fingerprint density at radius 1 is 1.36 bits per heavy atom. The van der Waals surface area contributed by atoms with Crippen LogP contribution in [0.2, 0.25) is 0 Å². The van der Waals surface area contributed by atoms with Gasteiger partial charge in [-0.05, 0) is 37.6 Å². The maximum absolute atomic E-state index is 11.8. The molecule has 4 unspecified atom stereocenters. The standard InChI is InChI=1S/C11H20N2O/c1-7-3-4-12-10(5-7)11(14)13-9-6-8(9)2/h7-10,12H,3-6H2,1-2H3,(H,13,14). The van der Waals surface area contributed by atoms with Crippen LogP contribution in [0.1, 0.15) is 33.1 Å². The molecular weight excluding hydrogens is 176 g/mol. The Morgan fingerprint density at radius 3 is 2.64 bits per heavy atom. The summed E-state index contributed by atoms with van der Waals surface area (Å²) in [7, 11) is 0. The number of carbonyl (C=O) groups is 1. The fraction of sp³-hybridized carbons (Fsp3) is 0.909. The van der Waals surface area contributed by atoms with E-state index in [1.807, 2.05) is 0 Å². The summed E-state index contributed by atoms with van der Waals surface area (Å²) >= 11 is 0. The highest BCUT2D eigenvalue weighted by molar-refractivity contribution is 5.82. The second-order valence-corrected chi connectivity index (χ2v) is 4.96. The summed E-state index contributed by atoms with van der Waals surface area (Å²) in [5, 5.41) is 6.38. The molecule has 2 aliphatic rings. The topological polar surface area (TPSA) is 41.1 Å².